The zero-order valence-electron chi connectivity index (χ0n) is 8.14. The molecular weight excluding hydrogens is 340 g/mol. The van der Waals surface area contributed by atoms with E-state index in [1.165, 1.54) is 7.11 Å². The lowest BCUT2D eigenvalue weighted by molar-refractivity contribution is -0.275. The molecule has 2 N–H and O–H groups in total. The highest BCUT2D eigenvalue weighted by molar-refractivity contribution is 14.1. The molecule has 0 saturated heterocycles. The van der Waals surface area contributed by atoms with Crippen LogP contribution in [0.25, 0.3) is 0 Å². The standard InChI is InChI=1S/C8H8F3IN2O2/c1-15-6-5(16-8(9,10)11)2-4(3-13)14-7(6)12/h2H,3,13H2,1H3. The summed E-state index contributed by atoms with van der Waals surface area (Å²) in [7, 11) is 1.24. The van der Waals surface area contributed by atoms with Gasteiger partial charge in [0.2, 0.25) is 0 Å². The summed E-state index contributed by atoms with van der Waals surface area (Å²) in [6.07, 6.45) is -4.77. The average Bonchev–Trinajstić information content (AvgIpc) is 2.14. The fraction of sp³-hybridized carbons (Fsp3) is 0.375. The molecule has 1 heterocycles. The molecule has 1 rings (SSSR count). The molecule has 1 aromatic rings. The number of hydrogen-bond acceptors (Lipinski definition) is 4. The topological polar surface area (TPSA) is 57.4 Å². The van der Waals surface area contributed by atoms with Crippen LogP contribution in [0.3, 0.4) is 0 Å². The molecule has 0 aliphatic heterocycles. The van der Waals surface area contributed by atoms with E-state index >= 15 is 0 Å². The second-order valence-electron chi connectivity index (χ2n) is 2.69. The molecule has 0 aliphatic carbocycles. The SMILES string of the molecule is COc1c(OC(F)(F)F)cc(CN)nc1I. The molecule has 8 heteroatoms. The molecule has 0 spiro atoms. The molecule has 0 aromatic carbocycles. The number of nitrogens with two attached hydrogens (primary N) is 1. The van der Waals surface area contributed by atoms with E-state index in [1.54, 1.807) is 22.6 Å². The third-order valence-electron chi connectivity index (χ3n) is 1.59. The smallest absolute Gasteiger partial charge is 0.490 e. The molecule has 1 aromatic heterocycles. The molecular formula is C8H8F3IN2O2. The molecule has 0 amide bonds. The maximum Gasteiger partial charge on any atom is 0.573 e. The van der Waals surface area contributed by atoms with Crippen molar-refractivity contribution in [1.29, 1.82) is 0 Å². The van der Waals surface area contributed by atoms with Crippen LogP contribution in [0, 0.1) is 3.70 Å². The highest BCUT2D eigenvalue weighted by Gasteiger charge is 2.33. The van der Waals surface area contributed by atoms with Gasteiger partial charge >= 0.3 is 6.36 Å². The van der Waals surface area contributed by atoms with Crippen LogP contribution < -0.4 is 15.2 Å². The van der Waals surface area contributed by atoms with E-state index in [9.17, 15) is 13.2 Å². The Labute approximate surface area is 103 Å². The van der Waals surface area contributed by atoms with Crippen molar-refractivity contribution in [2.45, 2.75) is 12.9 Å². The third kappa shape index (κ3) is 3.37. The van der Waals surface area contributed by atoms with Crippen molar-refractivity contribution in [3.05, 3.63) is 15.5 Å². The Morgan fingerprint density at radius 1 is 1.50 bits per heavy atom. The van der Waals surface area contributed by atoms with Crippen LogP contribution in [-0.2, 0) is 6.54 Å². The normalized spacial score (nSPS) is 11.4. The molecule has 90 valence electrons. The Morgan fingerprint density at radius 3 is 2.56 bits per heavy atom. The Morgan fingerprint density at radius 2 is 2.12 bits per heavy atom. The first kappa shape index (κ1) is 13.3. The van der Waals surface area contributed by atoms with Gasteiger partial charge in [0.25, 0.3) is 0 Å². The Kier molecular flexibility index (Phi) is 4.19. The van der Waals surface area contributed by atoms with Crippen LogP contribution >= 0.6 is 22.6 Å². The average molecular weight is 348 g/mol. The van der Waals surface area contributed by atoms with Gasteiger partial charge in [-0.15, -0.1) is 13.2 Å². The summed E-state index contributed by atoms with van der Waals surface area (Å²) in [5.74, 6) is -0.495. The van der Waals surface area contributed by atoms with Gasteiger partial charge < -0.3 is 15.2 Å². The summed E-state index contributed by atoms with van der Waals surface area (Å²) >= 11 is 1.75. The number of alkyl halides is 3. The van der Waals surface area contributed by atoms with Crippen LogP contribution in [0.5, 0.6) is 11.5 Å². The largest absolute Gasteiger partial charge is 0.573 e. The second-order valence-corrected chi connectivity index (χ2v) is 3.71. The van der Waals surface area contributed by atoms with Gasteiger partial charge in [-0.05, 0) is 22.6 Å². The molecule has 0 unspecified atom stereocenters. The number of methoxy groups -OCH3 is 1. The number of halogens is 4. The molecule has 0 radical (unpaired) electrons. The first-order chi connectivity index (χ1) is 7.37. The van der Waals surface area contributed by atoms with Crippen molar-refractivity contribution in [2.24, 2.45) is 5.73 Å². The highest BCUT2D eigenvalue weighted by atomic mass is 127. The van der Waals surface area contributed by atoms with Crippen molar-refractivity contribution in [3.63, 3.8) is 0 Å². The minimum atomic E-state index is -4.77. The predicted octanol–water partition coefficient (Wildman–Crippen LogP) is 2.05. The molecule has 0 atom stereocenters. The fourth-order valence-corrected chi connectivity index (χ4v) is 1.81. The summed E-state index contributed by atoms with van der Waals surface area (Å²) < 4.78 is 45.2. The maximum absolute atomic E-state index is 12.1. The number of hydrogen-bond donors (Lipinski definition) is 1. The van der Waals surface area contributed by atoms with E-state index in [0.717, 1.165) is 6.07 Å². The van der Waals surface area contributed by atoms with E-state index in [4.69, 9.17) is 10.5 Å². The lowest BCUT2D eigenvalue weighted by Crippen LogP contribution is -2.18. The molecule has 0 fully saturated rings. The van der Waals surface area contributed by atoms with E-state index in [-0.39, 0.29) is 16.0 Å². The van der Waals surface area contributed by atoms with Crippen molar-refractivity contribution < 1.29 is 22.6 Å². The maximum atomic E-state index is 12.1. The van der Waals surface area contributed by atoms with Gasteiger partial charge in [-0.25, -0.2) is 4.98 Å². The second kappa shape index (κ2) is 5.04. The van der Waals surface area contributed by atoms with E-state index in [1.807, 2.05) is 0 Å². The van der Waals surface area contributed by atoms with Gasteiger partial charge in [0.1, 0.15) is 3.70 Å². The third-order valence-corrected chi connectivity index (χ3v) is 2.32. The summed E-state index contributed by atoms with van der Waals surface area (Å²) in [6.45, 7) is 0.0220. The Hall–Kier alpha value is -0.770. The van der Waals surface area contributed by atoms with E-state index < -0.39 is 12.1 Å². The summed E-state index contributed by atoms with van der Waals surface area (Å²) in [5.41, 5.74) is 5.60. The van der Waals surface area contributed by atoms with Gasteiger partial charge in [-0.1, -0.05) is 0 Å². The van der Waals surface area contributed by atoms with Gasteiger partial charge in [0, 0.05) is 12.6 Å². The quantitative estimate of drug-likeness (QED) is 0.671. The Bertz CT molecular complexity index is 384. The van der Waals surface area contributed by atoms with Gasteiger partial charge in [-0.2, -0.15) is 0 Å². The molecule has 0 saturated carbocycles. The van der Waals surface area contributed by atoms with Crippen LogP contribution in [0.15, 0.2) is 6.07 Å². The lowest BCUT2D eigenvalue weighted by Gasteiger charge is -2.14. The number of aromatic nitrogens is 1. The zero-order chi connectivity index (χ0) is 12.3. The number of rotatable bonds is 3. The summed E-state index contributed by atoms with van der Waals surface area (Å²) in [5, 5.41) is 0. The number of ether oxygens (including phenoxy) is 2. The van der Waals surface area contributed by atoms with Crippen molar-refractivity contribution in [1.82, 2.24) is 4.98 Å². The van der Waals surface area contributed by atoms with Crippen LogP contribution in [0.4, 0.5) is 13.2 Å². The lowest BCUT2D eigenvalue weighted by atomic mass is 10.3. The number of nitrogens with zero attached hydrogens (tertiary/aromatic N) is 1. The van der Waals surface area contributed by atoms with Crippen LogP contribution in [0.2, 0.25) is 0 Å². The minimum Gasteiger partial charge on any atom is -0.490 e. The number of pyridine rings is 1. The fourth-order valence-electron chi connectivity index (χ4n) is 1.02. The van der Waals surface area contributed by atoms with Gasteiger partial charge in [-0.3, -0.25) is 0 Å². The summed E-state index contributed by atoms with van der Waals surface area (Å²) in [4.78, 5) is 3.94. The molecule has 0 bridgehead atoms. The monoisotopic (exact) mass is 348 g/mol. The van der Waals surface area contributed by atoms with E-state index in [0.29, 0.717) is 5.69 Å². The zero-order valence-corrected chi connectivity index (χ0v) is 10.3. The Balaban J connectivity index is 3.18. The first-order valence-electron chi connectivity index (χ1n) is 4.06. The molecule has 4 nitrogen and oxygen atoms in total. The van der Waals surface area contributed by atoms with Crippen LogP contribution in [0.1, 0.15) is 5.69 Å². The van der Waals surface area contributed by atoms with Gasteiger partial charge in [0.15, 0.2) is 11.5 Å². The first-order valence-corrected chi connectivity index (χ1v) is 5.14. The van der Waals surface area contributed by atoms with Crippen LogP contribution in [-0.4, -0.2) is 18.5 Å². The van der Waals surface area contributed by atoms with Gasteiger partial charge in [0.05, 0.1) is 12.8 Å². The molecule has 0 aliphatic rings. The van der Waals surface area contributed by atoms with E-state index in [2.05, 4.69) is 9.72 Å². The summed E-state index contributed by atoms with van der Waals surface area (Å²) in [6, 6.07) is 1.11. The van der Waals surface area contributed by atoms with Crippen molar-refractivity contribution in [3.8, 4) is 11.5 Å². The minimum absolute atomic E-state index is 0.0220. The van der Waals surface area contributed by atoms with Crippen molar-refractivity contribution >= 4 is 22.6 Å². The molecule has 16 heavy (non-hydrogen) atoms. The van der Waals surface area contributed by atoms with Crippen molar-refractivity contribution in [2.75, 3.05) is 7.11 Å². The predicted molar refractivity (Wildman–Crippen MR) is 58.1 cm³/mol. The highest BCUT2D eigenvalue weighted by Crippen LogP contribution is 2.35.